The fourth-order valence-corrected chi connectivity index (χ4v) is 1.85. The van der Waals surface area contributed by atoms with E-state index in [2.05, 4.69) is 42.6 Å². The smallest absolute Gasteiger partial charge is 0.135 e. The van der Waals surface area contributed by atoms with Gasteiger partial charge in [-0.3, -0.25) is 0 Å². The van der Waals surface area contributed by atoms with Gasteiger partial charge in [-0.25, -0.2) is 9.97 Å². The van der Waals surface area contributed by atoms with E-state index in [9.17, 15) is 0 Å². The molecular formula is C14H26N4O. The summed E-state index contributed by atoms with van der Waals surface area (Å²) in [5.41, 5.74) is 5.90. The van der Waals surface area contributed by atoms with Crippen molar-refractivity contribution in [2.24, 2.45) is 0 Å². The van der Waals surface area contributed by atoms with Crippen LogP contribution >= 0.6 is 0 Å². The van der Waals surface area contributed by atoms with E-state index in [4.69, 9.17) is 10.5 Å². The van der Waals surface area contributed by atoms with Crippen molar-refractivity contribution in [3.8, 4) is 0 Å². The molecule has 0 aromatic carbocycles. The molecule has 1 aromatic heterocycles. The molecule has 0 aliphatic heterocycles. The summed E-state index contributed by atoms with van der Waals surface area (Å²) < 4.78 is 5.18. The molecule has 0 aliphatic carbocycles. The van der Waals surface area contributed by atoms with Gasteiger partial charge in [-0.2, -0.15) is 0 Å². The second-order valence-corrected chi connectivity index (χ2v) is 5.11. The molecular weight excluding hydrogens is 240 g/mol. The van der Waals surface area contributed by atoms with Gasteiger partial charge in [0.15, 0.2) is 0 Å². The van der Waals surface area contributed by atoms with E-state index in [0.29, 0.717) is 18.5 Å². The average Bonchev–Trinajstić information content (AvgIpc) is 2.38. The minimum atomic E-state index is 0.267. The third-order valence-electron chi connectivity index (χ3n) is 3.22. The maximum absolute atomic E-state index is 5.90. The number of nitrogens with two attached hydrogens (primary N) is 1. The zero-order valence-corrected chi connectivity index (χ0v) is 12.7. The van der Waals surface area contributed by atoms with Gasteiger partial charge in [-0.05, 0) is 13.3 Å². The second kappa shape index (κ2) is 7.28. The number of hydrogen-bond acceptors (Lipinski definition) is 5. The lowest BCUT2D eigenvalue weighted by Crippen LogP contribution is -2.36. The van der Waals surface area contributed by atoms with Crippen LogP contribution in [0.5, 0.6) is 0 Å². The molecule has 0 radical (unpaired) electrons. The predicted molar refractivity (Wildman–Crippen MR) is 79.5 cm³/mol. The highest BCUT2D eigenvalue weighted by atomic mass is 16.5. The standard InChI is InChI=1S/C14H26N4O/c1-6-11(4)18(7-8-19-5)13-9-12(15)16-14(17-13)10(2)3/h9-11H,6-8H2,1-5H3,(H2,15,16,17). The van der Waals surface area contributed by atoms with Gasteiger partial charge in [0, 0.05) is 31.7 Å². The highest BCUT2D eigenvalue weighted by Gasteiger charge is 2.16. The van der Waals surface area contributed by atoms with Gasteiger partial charge in [-0.1, -0.05) is 20.8 Å². The highest BCUT2D eigenvalue weighted by molar-refractivity contribution is 5.48. The maximum Gasteiger partial charge on any atom is 0.135 e. The van der Waals surface area contributed by atoms with Crippen LogP contribution in [0.15, 0.2) is 6.07 Å². The number of aromatic nitrogens is 2. The molecule has 108 valence electrons. The van der Waals surface area contributed by atoms with Crippen molar-refractivity contribution in [2.45, 2.75) is 46.1 Å². The molecule has 1 rings (SSSR count). The molecule has 2 N–H and O–H groups in total. The number of hydrogen-bond donors (Lipinski definition) is 1. The normalized spacial score (nSPS) is 12.7. The van der Waals surface area contributed by atoms with Gasteiger partial charge in [0.1, 0.15) is 17.5 Å². The van der Waals surface area contributed by atoms with Crippen molar-refractivity contribution in [3.05, 3.63) is 11.9 Å². The van der Waals surface area contributed by atoms with E-state index in [0.717, 1.165) is 24.6 Å². The van der Waals surface area contributed by atoms with Crippen molar-refractivity contribution in [1.29, 1.82) is 0 Å². The van der Waals surface area contributed by atoms with Crippen molar-refractivity contribution >= 4 is 11.6 Å². The van der Waals surface area contributed by atoms with Crippen LogP contribution < -0.4 is 10.6 Å². The largest absolute Gasteiger partial charge is 0.384 e. The lowest BCUT2D eigenvalue weighted by atomic mass is 10.2. The first-order valence-electron chi connectivity index (χ1n) is 6.89. The van der Waals surface area contributed by atoms with E-state index in [-0.39, 0.29) is 5.92 Å². The Labute approximate surface area is 116 Å². The molecule has 19 heavy (non-hydrogen) atoms. The molecule has 5 heteroatoms. The molecule has 1 unspecified atom stereocenters. The van der Waals surface area contributed by atoms with E-state index >= 15 is 0 Å². The van der Waals surface area contributed by atoms with Gasteiger partial charge in [0.05, 0.1) is 6.61 Å². The summed E-state index contributed by atoms with van der Waals surface area (Å²) in [5.74, 6) is 2.48. The zero-order valence-electron chi connectivity index (χ0n) is 12.7. The van der Waals surface area contributed by atoms with E-state index in [1.807, 2.05) is 6.07 Å². The van der Waals surface area contributed by atoms with Gasteiger partial charge in [0.2, 0.25) is 0 Å². The summed E-state index contributed by atoms with van der Waals surface area (Å²) in [4.78, 5) is 11.2. The highest BCUT2D eigenvalue weighted by Crippen LogP contribution is 2.21. The van der Waals surface area contributed by atoms with Crippen molar-refractivity contribution in [1.82, 2.24) is 9.97 Å². The molecule has 0 fully saturated rings. The Kier molecular flexibility index (Phi) is 6.02. The number of ether oxygens (including phenoxy) is 1. The molecule has 1 aromatic rings. The molecule has 0 saturated heterocycles. The van der Waals surface area contributed by atoms with E-state index in [1.165, 1.54) is 0 Å². The van der Waals surface area contributed by atoms with E-state index in [1.54, 1.807) is 7.11 Å². The Bertz CT molecular complexity index is 395. The molecule has 0 amide bonds. The fraction of sp³-hybridized carbons (Fsp3) is 0.714. The van der Waals surface area contributed by atoms with Crippen LogP contribution in [-0.2, 0) is 4.74 Å². The van der Waals surface area contributed by atoms with E-state index < -0.39 is 0 Å². The quantitative estimate of drug-likeness (QED) is 0.821. The van der Waals surface area contributed by atoms with Crippen LogP contribution in [0.4, 0.5) is 11.6 Å². The minimum Gasteiger partial charge on any atom is -0.384 e. The second-order valence-electron chi connectivity index (χ2n) is 5.11. The Morgan fingerprint density at radius 1 is 1.32 bits per heavy atom. The molecule has 5 nitrogen and oxygen atoms in total. The van der Waals surface area contributed by atoms with Gasteiger partial charge in [0.25, 0.3) is 0 Å². The molecule has 1 atom stereocenters. The van der Waals surface area contributed by atoms with Crippen LogP contribution in [0, 0.1) is 0 Å². The zero-order chi connectivity index (χ0) is 14.4. The summed E-state index contributed by atoms with van der Waals surface area (Å²) in [6, 6.07) is 2.23. The van der Waals surface area contributed by atoms with Crippen molar-refractivity contribution in [2.75, 3.05) is 30.9 Å². The summed E-state index contributed by atoms with van der Waals surface area (Å²) >= 11 is 0. The molecule has 0 spiro atoms. The van der Waals surface area contributed by atoms with Gasteiger partial charge in [-0.15, -0.1) is 0 Å². The summed E-state index contributed by atoms with van der Waals surface area (Å²) in [6.07, 6.45) is 1.05. The lowest BCUT2D eigenvalue weighted by molar-refractivity contribution is 0.203. The minimum absolute atomic E-state index is 0.267. The van der Waals surface area contributed by atoms with Gasteiger partial charge >= 0.3 is 0 Å². The molecule has 0 bridgehead atoms. The SMILES string of the molecule is CCC(C)N(CCOC)c1cc(N)nc(C(C)C)n1. The fourth-order valence-electron chi connectivity index (χ4n) is 1.85. The monoisotopic (exact) mass is 266 g/mol. The summed E-state index contributed by atoms with van der Waals surface area (Å²) in [7, 11) is 1.71. The third-order valence-corrected chi connectivity index (χ3v) is 3.22. The maximum atomic E-state index is 5.90. The summed E-state index contributed by atoms with van der Waals surface area (Å²) in [5, 5.41) is 0. The average molecular weight is 266 g/mol. The Hall–Kier alpha value is -1.36. The topological polar surface area (TPSA) is 64.3 Å². The van der Waals surface area contributed by atoms with Crippen LogP contribution in [0.1, 0.15) is 45.9 Å². The van der Waals surface area contributed by atoms with Crippen LogP contribution in [0.2, 0.25) is 0 Å². The molecule has 0 saturated carbocycles. The molecule has 1 heterocycles. The first-order valence-corrected chi connectivity index (χ1v) is 6.89. The third kappa shape index (κ3) is 4.35. The van der Waals surface area contributed by atoms with Gasteiger partial charge < -0.3 is 15.4 Å². The van der Waals surface area contributed by atoms with Crippen LogP contribution in [-0.4, -0.2) is 36.3 Å². The predicted octanol–water partition coefficient (Wildman–Crippen LogP) is 2.43. The lowest BCUT2D eigenvalue weighted by Gasteiger charge is -2.30. The number of methoxy groups -OCH3 is 1. The molecule has 0 aliphatic rings. The number of nitrogen functional groups attached to an aromatic ring is 1. The number of nitrogens with zero attached hydrogens (tertiary/aromatic N) is 3. The Morgan fingerprint density at radius 2 is 2.00 bits per heavy atom. The van der Waals surface area contributed by atoms with Crippen molar-refractivity contribution < 1.29 is 4.74 Å². The summed E-state index contributed by atoms with van der Waals surface area (Å²) in [6.45, 7) is 9.97. The first-order chi connectivity index (χ1) is 8.99. The van der Waals surface area contributed by atoms with Crippen molar-refractivity contribution in [3.63, 3.8) is 0 Å². The van der Waals surface area contributed by atoms with Crippen LogP contribution in [0.3, 0.4) is 0 Å². The Balaban J connectivity index is 3.06. The first kappa shape index (κ1) is 15.7. The Morgan fingerprint density at radius 3 is 2.53 bits per heavy atom. The van der Waals surface area contributed by atoms with Crippen LogP contribution in [0.25, 0.3) is 0 Å². The number of rotatable bonds is 7. The number of anilines is 2.